The molecule has 2 aliphatic rings. The highest BCUT2D eigenvalue weighted by Gasteiger charge is 2.55. The number of hydrogen-bond donors (Lipinski definition) is 1. The maximum Gasteiger partial charge on any atom is 0.225 e. The van der Waals surface area contributed by atoms with Crippen LogP contribution in [0, 0.1) is 31.6 Å². The molecule has 86 valence electrons. The lowest BCUT2D eigenvalue weighted by Crippen LogP contribution is -2.27. The largest absolute Gasteiger partial charge is 0.340 e. The molecule has 3 rings (SSSR count). The standard InChI is InChI=1S/C12H18N4/c1-7-4-14-12(15-8(7)2)16-5-10-9(3-13)11(10)6-16/h4,9-11H,3,5-6,13H2,1-2H3. The lowest BCUT2D eigenvalue weighted by Gasteiger charge is -2.19. The summed E-state index contributed by atoms with van der Waals surface area (Å²) in [6.45, 7) is 7.12. The predicted octanol–water partition coefficient (Wildman–Crippen LogP) is 0.734. The van der Waals surface area contributed by atoms with Gasteiger partial charge in [-0.1, -0.05) is 0 Å². The fourth-order valence-electron chi connectivity index (χ4n) is 2.83. The fourth-order valence-corrected chi connectivity index (χ4v) is 2.83. The second-order valence-electron chi connectivity index (χ2n) is 5.07. The molecule has 1 aliphatic heterocycles. The molecule has 0 bridgehead atoms. The summed E-state index contributed by atoms with van der Waals surface area (Å²) in [5.41, 5.74) is 7.95. The molecule has 1 saturated heterocycles. The van der Waals surface area contributed by atoms with E-state index in [1.54, 1.807) is 0 Å². The van der Waals surface area contributed by atoms with Crippen LogP contribution < -0.4 is 10.6 Å². The summed E-state index contributed by atoms with van der Waals surface area (Å²) < 4.78 is 0. The second kappa shape index (κ2) is 3.42. The van der Waals surface area contributed by atoms with Crippen molar-refractivity contribution < 1.29 is 0 Å². The summed E-state index contributed by atoms with van der Waals surface area (Å²) >= 11 is 0. The molecule has 0 aromatic carbocycles. The first-order valence-electron chi connectivity index (χ1n) is 5.96. The highest BCUT2D eigenvalue weighted by atomic mass is 15.3. The van der Waals surface area contributed by atoms with Gasteiger partial charge in [-0.25, -0.2) is 9.97 Å². The number of piperidine rings is 1. The van der Waals surface area contributed by atoms with Crippen molar-refractivity contribution in [1.82, 2.24) is 9.97 Å². The quantitative estimate of drug-likeness (QED) is 0.795. The van der Waals surface area contributed by atoms with Crippen LogP contribution in [-0.2, 0) is 0 Å². The second-order valence-corrected chi connectivity index (χ2v) is 5.07. The zero-order valence-electron chi connectivity index (χ0n) is 9.85. The number of anilines is 1. The molecule has 2 N–H and O–H groups in total. The Hall–Kier alpha value is -1.16. The first-order chi connectivity index (χ1) is 7.70. The third kappa shape index (κ3) is 1.40. The maximum absolute atomic E-state index is 5.70. The molecule has 1 aromatic rings. The van der Waals surface area contributed by atoms with Gasteiger partial charge in [0.15, 0.2) is 0 Å². The van der Waals surface area contributed by atoms with E-state index in [1.165, 1.54) is 0 Å². The Morgan fingerprint density at radius 3 is 2.62 bits per heavy atom. The Morgan fingerprint density at radius 1 is 1.38 bits per heavy atom. The lowest BCUT2D eigenvalue weighted by molar-refractivity contribution is 0.638. The first kappa shape index (κ1) is 10.0. The highest BCUT2D eigenvalue weighted by Crippen LogP contribution is 2.51. The van der Waals surface area contributed by atoms with E-state index in [9.17, 15) is 0 Å². The average molecular weight is 218 g/mol. The third-order valence-electron chi connectivity index (χ3n) is 4.14. The minimum atomic E-state index is 0.766. The third-order valence-corrected chi connectivity index (χ3v) is 4.14. The van der Waals surface area contributed by atoms with Crippen LogP contribution >= 0.6 is 0 Å². The Balaban J connectivity index is 1.74. The van der Waals surface area contributed by atoms with Crippen molar-refractivity contribution in [1.29, 1.82) is 0 Å². The number of nitrogens with zero attached hydrogens (tertiary/aromatic N) is 3. The van der Waals surface area contributed by atoms with Crippen molar-refractivity contribution >= 4 is 5.95 Å². The molecule has 0 radical (unpaired) electrons. The van der Waals surface area contributed by atoms with Crippen molar-refractivity contribution in [3.8, 4) is 0 Å². The van der Waals surface area contributed by atoms with E-state index in [-0.39, 0.29) is 0 Å². The van der Waals surface area contributed by atoms with E-state index in [0.717, 1.165) is 54.6 Å². The van der Waals surface area contributed by atoms with E-state index in [1.807, 2.05) is 20.0 Å². The van der Waals surface area contributed by atoms with Crippen LogP contribution in [0.5, 0.6) is 0 Å². The van der Waals surface area contributed by atoms with Crippen LogP contribution in [-0.4, -0.2) is 29.6 Å². The van der Waals surface area contributed by atoms with Crippen molar-refractivity contribution in [2.75, 3.05) is 24.5 Å². The van der Waals surface area contributed by atoms with Gasteiger partial charge in [-0.2, -0.15) is 0 Å². The Morgan fingerprint density at radius 2 is 2.06 bits per heavy atom. The van der Waals surface area contributed by atoms with Gasteiger partial charge in [-0.05, 0) is 43.7 Å². The molecule has 2 heterocycles. The van der Waals surface area contributed by atoms with Gasteiger partial charge < -0.3 is 10.6 Å². The summed E-state index contributed by atoms with van der Waals surface area (Å²) in [5, 5.41) is 0. The van der Waals surface area contributed by atoms with Gasteiger partial charge in [-0.15, -0.1) is 0 Å². The number of aromatic nitrogens is 2. The van der Waals surface area contributed by atoms with Crippen molar-refractivity contribution in [3.63, 3.8) is 0 Å². The molecule has 2 unspecified atom stereocenters. The summed E-state index contributed by atoms with van der Waals surface area (Å²) in [5.74, 6) is 3.26. The van der Waals surface area contributed by atoms with Gasteiger partial charge >= 0.3 is 0 Å². The van der Waals surface area contributed by atoms with Crippen LogP contribution in [0.2, 0.25) is 0 Å². The molecular formula is C12H18N4. The van der Waals surface area contributed by atoms with Crippen LogP contribution in [0.1, 0.15) is 11.3 Å². The van der Waals surface area contributed by atoms with E-state index in [4.69, 9.17) is 5.73 Å². The first-order valence-corrected chi connectivity index (χ1v) is 5.96. The van der Waals surface area contributed by atoms with E-state index >= 15 is 0 Å². The van der Waals surface area contributed by atoms with Crippen LogP contribution in [0.3, 0.4) is 0 Å². The van der Waals surface area contributed by atoms with Crippen molar-refractivity contribution in [2.24, 2.45) is 23.5 Å². The Labute approximate surface area is 95.9 Å². The Kier molecular flexibility index (Phi) is 2.14. The zero-order chi connectivity index (χ0) is 11.3. The molecular weight excluding hydrogens is 200 g/mol. The smallest absolute Gasteiger partial charge is 0.225 e. The summed E-state index contributed by atoms with van der Waals surface area (Å²) in [4.78, 5) is 11.3. The van der Waals surface area contributed by atoms with Gasteiger partial charge in [0.1, 0.15) is 0 Å². The fraction of sp³-hybridized carbons (Fsp3) is 0.667. The molecule has 4 nitrogen and oxygen atoms in total. The molecule has 2 fully saturated rings. The number of rotatable bonds is 2. The van der Waals surface area contributed by atoms with Crippen LogP contribution in [0.15, 0.2) is 6.20 Å². The minimum absolute atomic E-state index is 0.766. The van der Waals surface area contributed by atoms with Gasteiger partial charge in [-0.3, -0.25) is 0 Å². The number of hydrogen-bond acceptors (Lipinski definition) is 4. The number of aryl methyl sites for hydroxylation is 2. The van der Waals surface area contributed by atoms with Crippen LogP contribution in [0.4, 0.5) is 5.95 Å². The van der Waals surface area contributed by atoms with Gasteiger partial charge in [0, 0.05) is 25.0 Å². The summed E-state index contributed by atoms with van der Waals surface area (Å²) in [6, 6.07) is 0. The maximum atomic E-state index is 5.70. The molecule has 1 saturated carbocycles. The molecule has 0 spiro atoms. The SMILES string of the molecule is Cc1cnc(N2CC3C(CN)C3C2)nc1C. The monoisotopic (exact) mass is 218 g/mol. The molecule has 16 heavy (non-hydrogen) atoms. The zero-order valence-corrected chi connectivity index (χ0v) is 9.85. The average Bonchev–Trinajstić information content (AvgIpc) is 2.74. The summed E-state index contributed by atoms with van der Waals surface area (Å²) in [7, 11) is 0. The molecule has 4 heteroatoms. The topological polar surface area (TPSA) is 55.0 Å². The minimum Gasteiger partial charge on any atom is -0.340 e. The number of fused-ring (bicyclic) bond motifs is 1. The van der Waals surface area contributed by atoms with Crippen LogP contribution in [0.25, 0.3) is 0 Å². The van der Waals surface area contributed by atoms with E-state index in [0.29, 0.717) is 0 Å². The molecule has 2 atom stereocenters. The van der Waals surface area contributed by atoms with E-state index in [2.05, 4.69) is 14.9 Å². The lowest BCUT2D eigenvalue weighted by atomic mass is 10.2. The van der Waals surface area contributed by atoms with Gasteiger partial charge in [0.25, 0.3) is 0 Å². The summed E-state index contributed by atoms with van der Waals surface area (Å²) in [6.07, 6.45) is 1.92. The normalized spacial score (nSPS) is 31.7. The van der Waals surface area contributed by atoms with Gasteiger partial charge in [0.05, 0.1) is 0 Å². The van der Waals surface area contributed by atoms with Gasteiger partial charge in [0.2, 0.25) is 5.95 Å². The molecule has 1 aromatic heterocycles. The number of nitrogens with two attached hydrogens (primary N) is 1. The van der Waals surface area contributed by atoms with E-state index < -0.39 is 0 Å². The predicted molar refractivity (Wildman–Crippen MR) is 63.2 cm³/mol. The molecule has 1 aliphatic carbocycles. The Bertz CT molecular complexity index is 405. The van der Waals surface area contributed by atoms with Crippen molar-refractivity contribution in [2.45, 2.75) is 13.8 Å². The van der Waals surface area contributed by atoms with Crippen molar-refractivity contribution in [3.05, 3.63) is 17.5 Å². The molecule has 0 amide bonds. The highest BCUT2D eigenvalue weighted by molar-refractivity contribution is 5.37.